The van der Waals surface area contributed by atoms with Gasteiger partial charge >= 0.3 is 11.9 Å². The van der Waals surface area contributed by atoms with Gasteiger partial charge in [-0.2, -0.15) is 0 Å². The van der Waals surface area contributed by atoms with E-state index in [1.165, 1.54) is 77.0 Å². The van der Waals surface area contributed by atoms with Crippen LogP contribution in [0.4, 0.5) is 0 Å². The molecule has 182 valence electrons. The van der Waals surface area contributed by atoms with Crippen LogP contribution in [0.2, 0.25) is 0 Å². The van der Waals surface area contributed by atoms with Crippen LogP contribution in [0.25, 0.3) is 0 Å². The van der Waals surface area contributed by atoms with E-state index in [0.29, 0.717) is 24.3 Å². The largest absolute Gasteiger partial charge is 0.462 e. The molecule has 0 atom stereocenters. The van der Waals surface area contributed by atoms with Gasteiger partial charge in [-0.15, -0.1) is 0 Å². The first kappa shape index (κ1) is 28.2. The summed E-state index contributed by atoms with van der Waals surface area (Å²) in [5, 5.41) is 0. The maximum absolute atomic E-state index is 12.3. The van der Waals surface area contributed by atoms with Crippen LogP contribution in [0, 0.1) is 0 Å². The van der Waals surface area contributed by atoms with Gasteiger partial charge in [0.2, 0.25) is 0 Å². The van der Waals surface area contributed by atoms with Crippen molar-refractivity contribution in [1.29, 1.82) is 0 Å². The van der Waals surface area contributed by atoms with Crippen LogP contribution >= 0.6 is 0 Å². The predicted molar refractivity (Wildman–Crippen MR) is 132 cm³/mol. The maximum atomic E-state index is 12.3. The molecule has 0 aliphatic heterocycles. The molecule has 1 aromatic rings. The first-order valence-electron chi connectivity index (χ1n) is 13.1. The highest BCUT2D eigenvalue weighted by atomic mass is 16.5. The Morgan fingerprint density at radius 3 is 1.28 bits per heavy atom. The molecule has 4 heteroatoms. The number of ether oxygens (including phenoxy) is 2. The average molecular weight is 447 g/mol. The number of hydrogen-bond acceptors (Lipinski definition) is 4. The molecule has 0 fully saturated rings. The second kappa shape index (κ2) is 19.8. The zero-order valence-corrected chi connectivity index (χ0v) is 20.7. The fourth-order valence-electron chi connectivity index (χ4n) is 3.74. The molecule has 0 saturated heterocycles. The summed E-state index contributed by atoms with van der Waals surface area (Å²) in [4.78, 5) is 24.6. The lowest BCUT2D eigenvalue weighted by molar-refractivity contribution is 0.0496. The van der Waals surface area contributed by atoms with Gasteiger partial charge in [0.25, 0.3) is 0 Å². The molecule has 0 bridgehead atoms. The van der Waals surface area contributed by atoms with Gasteiger partial charge in [0.15, 0.2) is 0 Å². The quantitative estimate of drug-likeness (QED) is 0.149. The van der Waals surface area contributed by atoms with Crippen LogP contribution in [-0.2, 0) is 9.47 Å². The van der Waals surface area contributed by atoms with Crippen molar-refractivity contribution >= 4 is 11.9 Å². The lowest BCUT2D eigenvalue weighted by Crippen LogP contribution is -2.10. The zero-order valence-electron chi connectivity index (χ0n) is 20.7. The van der Waals surface area contributed by atoms with Gasteiger partial charge in [-0.3, -0.25) is 0 Å². The van der Waals surface area contributed by atoms with Crippen molar-refractivity contribution in [3.63, 3.8) is 0 Å². The summed E-state index contributed by atoms with van der Waals surface area (Å²) in [5.74, 6) is -0.740. The molecular weight excluding hydrogens is 400 g/mol. The number of benzene rings is 1. The van der Waals surface area contributed by atoms with Gasteiger partial charge in [-0.05, 0) is 31.0 Å². The minimum Gasteiger partial charge on any atom is -0.462 e. The molecule has 1 rings (SSSR count). The second-order valence-electron chi connectivity index (χ2n) is 8.80. The first-order valence-corrected chi connectivity index (χ1v) is 13.1. The molecule has 0 amide bonds. The fourth-order valence-corrected chi connectivity index (χ4v) is 3.74. The van der Waals surface area contributed by atoms with Crippen molar-refractivity contribution in [1.82, 2.24) is 0 Å². The summed E-state index contributed by atoms with van der Waals surface area (Å²) in [6.07, 6.45) is 19.3. The predicted octanol–water partition coefficient (Wildman–Crippen LogP) is 8.28. The summed E-state index contributed by atoms with van der Waals surface area (Å²) < 4.78 is 10.8. The molecule has 0 aliphatic carbocycles. The summed E-state index contributed by atoms with van der Waals surface area (Å²) in [6.45, 7) is 5.32. The summed E-state index contributed by atoms with van der Waals surface area (Å²) in [5.41, 5.74) is 0.817. The van der Waals surface area contributed by atoms with Crippen molar-refractivity contribution in [2.75, 3.05) is 13.2 Å². The van der Waals surface area contributed by atoms with Crippen LogP contribution in [0.15, 0.2) is 24.3 Å². The van der Waals surface area contributed by atoms with E-state index >= 15 is 0 Å². The molecule has 0 aromatic heterocycles. The molecule has 0 saturated carbocycles. The second-order valence-corrected chi connectivity index (χ2v) is 8.80. The van der Waals surface area contributed by atoms with Gasteiger partial charge in [0.1, 0.15) is 0 Å². The fraction of sp³-hybridized carbons (Fsp3) is 0.714. The van der Waals surface area contributed by atoms with Crippen molar-refractivity contribution in [3.05, 3.63) is 35.4 Å². The smallest absolute Gasteiger partial charge is 0.338 e. The van der Waals surface area contributed by atoms with E-state index in [1.807, 2.05) is 0 Å². The van der Waals surface area contributed by atoms with Gasteiger partial charge in [0, 0.05) is 0 Å². The van der Waals surface area contributed by atoms with Gasteiger partial charge in [-0.25, -0.2) is 9.59 Å². The SMILES string of the molecule is CCCCCCCCCCOC(=O)c1cccc(C(=O)OCCCCCCCCCC)c1. The number of unbranched alkanes of at least 4 members (excludes halogenated alkanes) is 14. The highest BCUT2D eigenvalue weighted by Gasteiger charge is 2.12. The summed E-state index contributed by atoms with van der Waals surface area (Å²) >= 11 is 0. The minimum absolute atomic E-state index is 0.370. The van der Waals surface area contributed by atoms with E-state index in [0.717, 1.165) is 25.7 Å². The lowest BCUT2D eigenvalue weighted by Gasteiger charge is -2.08. The minimum atomic E-state index is -0.370. The van der Waals surface area contributed by atoms with Crippen molar-refractivity contribution < 1.29 is 19.1 Å². The number of esters is 2. The Bertz CT molecular complexity index is 562. The van der Waals surface area contributed by atoms with E-state index in [1.54, 1.807) is 24.3 Å². The Balaban J connectivity index is 2.17. The van der Waals surface area contributed by atoms with E-state index < -0.39 is 0 Å². The van der Waals surface area contributed by atoms with Gasteiger partial charge in [-0.1, -0.05) is 110 Å². The molecule has 0 N–H and O–H groups in total. The zero-order chi connectivity index (χ0) is 23.3. The van der Waals surface area contributed by atoms with Crippen LogP contribution in [-0.4, -0.2) is 25.2 Å². The highest BCUT2D eigenvalue weighted by molar-refractivity contribution is 5.95. The standard InChI is InChI=1S/C28H46O4/c1-3-5-7-9-11-13-15-17-22-31-27(29)25-20-19-21-26(24-25)28(30)32-23-18-16-14-12-10-8-6-4-2/h19-21,24H,3-18,22-23H2,1-2H3. The molecule has 32 heavy (non-hydrogen) atoms. The normalized spacial score (nSPS) is 10.8. The van der Waals surface area contributed by atoms with E-state index in [-0.39, 0.29) is 11.9 Å². The molecular formula is C28H46O4. The molecule has 0 heterocycles. The van der Waals surface area contributed by atoms with Crippen molar-refractivity contribution in [3.8, 4) is 0 Å². The number of rotatable bonds is 20. The third-order valence-electron chi connectivity index (χ3n) is 5.80. The molecule has 0 spiro atoms. The third kappa shape index (κ3) is 14.3. The highest BCUT2D eigenvalue weighted by Crippen LogP contribution is 2.12. The monoisotopic (exact) mass is 446 g/mol. The van der Waals surface area contributed by atoms with Crippen LogP contribution in [0.5, 0.6) is 0 Å². The molecule has 0 aliphatic rings. The topological polar surface area (TPSA) is 52.6 Å². The van der Waals surface area contributed by atoms with Crippen molar-refractivity contribution in [2.45, 2.75) is 117 Å². The van der Waals surface area contributed by atoms with Gasteiger partial charge in [0.05, 0.1) is 24.3 Å². The van der Waals surface area contributed by atoms with Crippen molar-refractivity contribution in [2.24, 2.45) is 0 Å². The number of hydrogen-bond donors (Lipinski definition) is 0. The third-order valence-corrected chi connectivity index (χ3v) is 5.80. The number of carbonyl (C=O) groups is 2. The Morgan fingerprint density at radius 2 is 0.906 bits per heavy atom. The Hall–Kier alpha value is -1.84. The molecule has 1 aromatic carbocycles. The van der Waals surface area contributed by atoms with Crippen LogP contribution < -0.4 is 0 Å². The van der Waals surface area contributed by atoms with Crippen LogP contribution in [0.3, 0.4) is 0 Å². The maximum Gasteiger partial charge on any atom is 0.338 e. The molecule has 0 radical (unpaired) electrons. The molecule has 0 unspecified atom stereocenters. The molecule has 4 nitrogen and oxygen atoms in total. The van der Waals surface area contributed by atoms with Crippen LogP contribution in [0.1, 0.15) is 137 Å². The Labute approximate surface area is 196 Å². The lowest BCUT2D eigenvalue weighted by atomic mass is 10.1. The average Bonchev–Trinajstić information content (AvgIpc) is 2.81. The summed E-state index contributed by atoms with van der Waals surface area (Å²) in [7, 11) is 0. The van der Waals surface area contributed by atoms with E-state index in [9.17, 15) is 9.59 Å². The summed E-state index contributed by atoms with van der Waals surface area (Å²) in [6, 6.07) is 6.66. The Morgan fingerprint density at radius 1 is 0.562 bits per heavy atom. The number of carbonyl (C=O) groups excluding carboxylic acids is 2. The van der Waals surface area contributed by atoms with E-state index in [2.05, 4.69) is 13.8 Å². The van der Waals surface area contributed by atoms with E-state index in [4.69, 9.17) is 9.47 Å². The van der Waals surface area contributed by atoms with Gasteiger partial charge < -0.3 is 9.47 Å². The first-order chi connectivity index (χ1) is 15.7. The Kier molecular flexibility index (Phi) is 17.5.